The number of hydrogen-bond acceptors (Lipinski definition) is 3. The van der Waals surface area contributed by atoms with Crippen LogP contribution < -0.4 is 10.6 Å². The molecule has 6 heteroatoms. The molecule has 0 atom stereocenters. The molecule has 1 aromatic rings. The molecule has 0 unspecified atom stereocenters. The van der Waals surface area contributed by atoms with E-state index in [2.05, 4.69) is 34.6 Å². The van der Waals surface area contributed by atoms with Crippen LogP contribution >= 0.6 is 24.0 Å². The van der Waals surface area contributed by atoms with Gasteiger partial charge in [-0.15, -0.1) is 24.0 Å². The van der Waals surface area contributed by atoms with Gasteiger partial charge in [-0.05, 0) is 5.92 Å². The Kier molecular flexibility index (Phi) is 7.96. The van der Waals surface area contributed by atoms with Gasteiger partial charge in [0, 0.05) is 19.7 Å². The standard InChI is InChI=1S/C10H18N4O.HI/c1-8(2)6-12-10(11-3)13-7-9-4-5-15-14-9;/h4-5,8H,6-7H2,1-3H3,(H2,11,12,13);1H. The van der Waals surface area contributed by atoms with E-state index in [1.807, 2.05) is 6.07 Å². The molecule has 0 spiro atoms. The summed E-state index contributed by atoms with van der Waals surface area (Å²) in [7, 11) is 1.75. The predicted molar refractivity (Wildman–Crippen MR) is 75.0 cm³/mol. The van der Waals surface area contributed by atoms with Crippen molar-refractivity contribution in [2.24, 2.45) is 10.9 Å². The third-order valence-electron chi connectivity index (χ3n) is 1.83. The maximum Gasteiger partial charge on any atom is 0.191 e. The normalized spacial score (nSPS) is 11.1. The summed E-state index contributed by atoms with van der Waals surface area (Å²) in [6.07, 6.45) is 1.56. The Morgan fingerprint density at radius 3 is 2.75 bits per heavy atom. The van der Waals surface area contributed by atoms with Gasteiger partial charge in [0.15, 0.2) is 5.96 Å². The Balaban J connectivity index is 0.00000225. The van der Waals surface area contributed by atoms with Crippen LogP contribution in [0.4, 0.5) is 0 Å². The minimum absolute atomic E-state index is 0. The molecule has 92 valence electrons. The molecule has 0 radical (unpaired) electrons. The summed E-state index contributed by atoms with van der Waals surface area (Å²) >= 11 is 0. The quantitative estimate of drug-likeness (QED) is 0.498. The minimum Gasteiger partial charge on any atom is -0.364 e. The number of guanidine groups is 1. The first-order valence-corrected chi connectivity index (χ1v) is 5.06. The molecule has 0 saturated heterocycles. The Labute approximate surface area is 113 Å². The zero-order valence-electron chi connectivity index (χ0n) is 9.86. The first-order chi connectivity index (χ1) is 7.22. The van der Waals surface area contributed by atoms with Gasteiger partial charge in [0.1, 0.15) is 12.0 Å². The number of halogens is 1. The molecule has 0 aromatic carbocycles. The van der Waals surface area contributed by atoms with E-state index in [4.69, 9.17) is 4.52 Å². The SMILES string of the molecule is CN=C(NCc1ccon1)NCC(C)C.I. The van der Waals surface area contributed by atoms with Crippen LogP contribution in [0.2, 0.25) is 0 Å². The lowest BCUT2D eigenvalue weighted by Crippen LogP contribution is -2.38. The van der Waals surface area contributed by atoms with E-state index in [0.717, 1.165) is 18.2 Å². The van der Waals surface area contributed by atoms with E-state index in [1.165, 1.54) is 0 Å². The smallest absolute Gasteiger partial charge is 0.191 e. The summed E-state index contributed by atoms with van der Waals surface area (Å²) < 4.78 is 4.73. The Morgan fingerprint density at radius 1 is 1.50 bits per heavy atom. The largest absolute Gasteiger partial charge is 0.364 e. The fraction of sp³-hybridized carbons (Fsp3) is 0.600. The van der Waals surface area contributed by atoms with Crippen LogP contribution in [0.15, 0.2) is 21.8 Å². The van der Waals surface area contributed by atoms with Crippen LogP contribution in [0.1, 0.15) is 19.5 Å². The maximum atomic E-state index is 4.73. The zero-order chi connectivity index (χ0) is 11.1. The minimum atomic E-state index is 0. The number of nitrogens with one attached hydrogen (secondary N) is 2. The topological polar surface area (TPSA) is 62.5 Å². The van der Waals surface area contributed by atoms with Gasteiger partial charge < -0.3 is 15.2 Å². The van der Waals surface area contributed by atoms with Gasteiger partial charge in [-0.25, -0.2) is 0 Å². The number of nitrogens with zero attached hydrogens (tertiary/aromatic N) is 2. The number of hydrogen-bond donors (Lipinski definition) is 2. The molecule has 0 bridgehead atoms. The van der Waals surface area contributed by atoms with E-state index in [9.17, 15) is 0 Å². The summed E-state index contributed by atoms with van der Waals surface area (Å²) in [5.74, 6) is 1.38. The lowest BCUT2D eigenvalue weighted by molar-refractivity contribution is 0.410. The third-order valence-corrected chi connectivity index (χ3v) is 1.83. The van der Waals surface area contributed by atoms with Crippen molar-refractivity contribution in [2.75, 3.05) is 13.6 Å². The van der Waals surface area contributed by atoms with Crippen LogP contribution in [0.3, 0.4) is 0 Å². The fourth-order valence-electron chi connectivity index (χ4n) is 1.02. The molecular weight excluding hydrogens is 319 g/mol. The van der Waals surface area contributed by atoms with E-state index in [-0.39, 0.29) is 24.0 Å². The number of aliphatic imine (C=N–C) groups is 1. The van der Waals surface area contributed by atoms with Gasteiger partial charge >= 0.3 is 0 Å². The van der Waals surface area contributed by atoms with Gasteiger partial charge in [0.05, 0.1) is 6.54 Å². The summed E-state index contributed by atoms with van der Waals surface area (Å²) in [4.78, 5) is 4.10. The summed E-state index contributed by atoms with van der Waals surface area (Å²) in [6, 6.07) is 1.82. The molecule has 16 heavy (non-hydrogen) atoms. The number of rotatable bonds is 4. The van der Waals surface area contributed by atoms with Crippen molar-refractivity contribution >= 4 is 29.9 Å². The molecule has 1 aromatic heterocycles. The van der Waals surface area contributed by atoms with E-state index in [1.54, 1.807) is 13.3 Å². The van der Waals surface area contributed by atoms with Crippen LogP contribution in [0.25, 0.3) is 0 Å². The van der Waals surface area contributed by atoms with Crippen molar-refractivity contribution in [3.05, 3.63) is 18.0 Å². The summed E-state index contributed by atoms with van der Waals surface area (Å²) in [5, 5.41) is 10.2. The summed E-state index contributed by atoms with van der Waals surface area (Å²) in [6.45, 7) is 5.82. The van der Waals surface area contributed by atoms with Gasteiger partial charge in [0.25, 0.3) is 0 Å². The van der Waals surface area contributed by atoms with Crippen LogP contribution in [-0.2, 0) is 6.54 Å². The lowest BCUT2D eigenvalue weighted by Gasteiger charge is -2.12. The van der Waals surface area contributed by atoms with Crippen molar-refractivity contribution < 1.29 is 4.52 Å². The molecule has 2 N–H and O–H groups in total. The van der Waals surface area contributed by atoms with Crippen molar-refractivity contribution in [1.29, 1.82) is 0 Å². The highest BCUT2D eigenvalue weighted by Gasteiger charge is 2.00. The van der Waals surface area contributed by atoms with Crippen LogP contribution in [0, 0.1) is 5.92 Å². The van der Waals surface area contributed by atoms with Gasteiger partial charge in [-0.2, -0.15) is 0 Å². The first kappa shape index (κ1) is 15.2. The van der Waals surface area contributed by atoms with Gasteiger partial charge in [0.2, 0.25) is 0 Å². The average molecular weight is 338 g/mol. The zero-order valence-corrected chi connectivity index (χ0v) is 12.2. The average Bonchev–Trinajstić information content (AvgIpc) is 2.70. The second-order valence-electron chi connectivity index (χ2n) is 3.69. The number of aromatic nitrogens is 1. The van der Waals surface area contributed by atoms with Crippen molar-refractivity contribution in [1.82, 2.24) is 15.8 Å². The van der Waals surface area contributed by atoms with Gasteiger partial charge in [-0.3, -0.25) is 4.99 Å². The predicted octanol–water partition coefficient (Wildman–Crippen LogP) is 1.61. The monoisotopic (exact) mass is 338 g/mol. The molecule has 0 aliphatic rings. The molecule has 5 nitrogen and oxygen atoms in total. The second kappa shape index (κ2) is 8.37. The maximum absolute atomic E-state index is 4.73. The third kappa shape index (κ3) is 5.94. The summed E-state index contributed by atoms with van der Waals surface area (Å²) in [5.41, 5.74) is 0.863. The Hall–Kier alpha value is -0.790. The molecule has 0 amide bonds. The second-order valence-corrected chi connectivity index (χ2v) is 3.69. The van der Waals surface area contributed by atoms with Gasteiger partial charge in [-0.1, -0.05) is 19.0 Å². The van der Waals surface area contributed by atoms with Crippen molar-refractivity contribution in [2.45, 2.75) is 20.4 Å². The van der Waals surface area contributed by atoms with E-state index < -0.39 is 0 Å². The van der Waals surface area contributed by atoms with Crippen molar-refractivity contribution in [3.8, 4) is 0 Å². The lowest BCUT2D eigenvalue weighted by atomic mass is 10.2. The Bertz CT molecular complexity index is 298. The highest BCUT2D eigenvalue weighted by Crippen LogP contribution is 1.92. The van der Waals surface area contributed by atoms with Crippen LogP contribution in [-0.4, -0.2) is 24.7 Å². The highest BCUT2D eigenvalue weighted by atomic mass is 127. The van der Waals surface area contributed by atoms with E-state index >= 15 is 0 Å². The molecule has 0 saturated carbocycles. The Morgan fingerprint density at radius 2 is 2.25 bits per heavy atom. The van der Waals surface area contributed by atoms with E-state index in [0.29, 0.717) is 12.5 Å². The fourth-order valence-corrected chi connectivity index (χ4v) is 1.02. The van der Waals surface area contributed by atoms with Crippen LogP contribution in [0.5, 0.6) is 0 Å². The molecular formula is C10H19IN4O. The molecule has 0 aliphatic heterocycles. The first-order valence-electron chi connectivity index (χ1n) is 5.06. The molecule has 1 rings (SSSR count). The van der Waals surface area contributed by atoms with Crippen molar-refractivity contribution in [3.63, 3.8) is 0 Å². The molecule has 0 aliphatic carbocycles. The molecule has 1 heterocycles. The molecule has 0 fully saturated rings. The highest BCUT2D eigenvalue weighted by molar-refractivity contribution is 14.0.